The van der Waals surface area contributed by atoms with Crippen LogP contribution in [0, 0.1) is 24.7 Å². The molecule has 0 aliphatic heterocycles. The number of nitrogens with one attached hydrogen (secondary N) is 1. The second-order valence-electron chi connectivity index (χ2n) is 9.40. The first-order chi connectivity index (χ1) is 16.2. The van der Waals surface area contributed by atoms with Crippen LogP contribution < -0.4 is 5.32 Å². The third-order valence-corrected chi connectivity index (χ3v) is 6.78. The predicted octanol–water partition coefficient (Wildman–Crippen LogP) is 6.06. The Balaban J connectivity index is 1.64. The van der Waals surface area contributed by atoms with Crippen molar-refractivity contribution in [2.75, 3.05) is 11.9 Å². The van der Waals surface area contributed by atoms with Crippen molar-refractivity contribution in [2.24, 2.45) is 17.8 Å². The number of rotatable bonds is 7. The molecule has 0 spiro atoms. The van der Waals surface area contributed by atoms with Crippen LogP contribution in [0.3, 0.4) is 0 Å². The summed E-state index contributed by atoms with van der Waals surface area (Å²) in [5, 5.41) is 3.16. The summed E-state index contributed by atoms with van der Waals surface area (Å²) in [4.78, 5) is 38.0. The van der Waals surface area contributed by atoms with Gasteiger partial charge in [-0.3, -0.25) is 4.79 Å². The van der Waals surface area contributed by atoms with Gasteiger partial charge in [-0.2, -0.15) is 0 Å². The Morgan fingerprint density at radius 3 is 2.38 bits per heavy atom. The number of hydrogen-bond acceptors (Lipinski definition) is 5. The third-order valence-electron chi connectivity index (χ3n) is 6.38. The first-order valence-electron chi connectivity index (χ1n) is 11.7. The minimum Gasteiger partial charge on any atom is -0.458 e. The summed E-state index contributed by atoms with van der Waals surface area (Å²) >= 11 is 6.08. The highest BCUT2D eigenvalue weighted by Gasteiger charge is 2.34. The van der Waals surface area contributed by atoms with Gasteiger partial charge in [-0.15, -0.1) is 0 Å². The van der Waals surface area contributed by atoms with E-state index in [-0.39, 0.29) is 17.2 Å². The van der Waals surface area contributed by atoms with Crippen LogP contribution in [0.2, 0.25) is 5.02 Å². The zero-order chi connectivity index (χ0) is 24.8. The van der Waals surface area contributed by atoms with Crippen molar-refractivity contribution in [3.63, 3.8) is 0 Å². The molecular weight excluding hydrogens is 454 g/mol. The lowest BCUT2D eigenvalue weighted by atomic mass is 9.75. The molecule has 1 saturated carbocycles. The highest BCUT2D eigenvalue weighted by Crippen LogP contribution is 2.36. The number of esters is 2. The fraction of sp³-hybridized carbons (Fsp3) is 0.444. The summed E-state index contributed by atoms with van der Waals surface area (Å²) in [5.41, 5.74) is 1.60. The molecule has 1 aliphatic rings. The summed E-state index contributed by atoms with van der Waals surface area (Å²) in [7, 11) is 0. The molecule has 7 heteroatoms. The Morgan fingerprint density at radius 2 is 1.74 bits per heavy atom. The number of benzene rings is 2. The molecular formula is C27H32ClNO5. The van der Waals surface area contributed by atoms with E-state index in [2.05, 4.69) is 26.1 Å². The number of ether oxygens (including phenoxy) is 2. The first kappa shape index (κ1) is 25.8. The van der Waals surface area contributed by atoms with Crippen molar-refractivity contribution in [1.29, 1.82) is 0 Å². The normalized spacial score (nSPS) is 20.0. The Bertz CT molecular complexity index is 1050. The maximum atomic E-state index is 13.0. The zero-order valence-electron chi connectivity index (χ0n) is 20.1. The van der Waals surface area contributed by atoms with Crippen LogP contribution in [0.15, 0.2) is 42.5 Å². The number of anilines is 1. The standard InChI is InChI=1S/C27H32ClNO5/c1-16(2)20-12-9-17(3)13-24(20)34-27(32)22-8-6-5-7-21(22)26(31)33-15-25(30)29-19-11-10-18(4)23(28)14-19/h5-8,10-11,14,16-17,20,24H,9,12-13,15H2,1-4H3,(H,29,30)/t17-,20+,24-/m1/s1. The predicted molar refractivity (Wildman–Crippen MR) is 132 cm³/mol. The molecule has 6 nitrogen and oxygen atoms in total. The summed E-state index contributed by atoms with van der Waals surface area (Å²) in [6.07, 6.45) is 2.76. The van der Waals surface area contributed by atoms with E-state index in [0.717, 1.165) is 24.8 Å². The number of hydrogen-bond donors (Lipinski definition) is 1. The van der Waals surface area contributed by atoms with Crippen molar-refractivity contribution in [3.8, 4) is 0 Å². The van der Waals surface area contributed by atoms with Crippen molar-refractivity contribution in [2.45, 2.75) is 53.1 Å². The summed E-state index contributed by atoms with van der Waals surface area (Å²) < 4.78 is 11.1. The Labute approximate surface area is 206 Å². The minimum absolute atomic E-state index is 0.0728. The summed E-state index contributed by atoms with van der Waals surface area (Å²) in [6, 6.07) is 11.5. The quantitative estimate of drug-likeness (QED) is 0.482. The maximum absolute atomic E-state index is 13.0. The number of carbonyl (C=O) groups is 3. The van der Waals surface area contributed by atoms with E-state index < -0.39 is 24.5 Å². The van der Waals surface area contributed by atoms with Crippen LogP contribution in [0.1, 0.15) is 66.3 Å². The van der Waals surface area contributed by atoms with Gasteiger partial charge in [-0.1, -0.05) is 57.0 Å². The van der Waals surface area contributed by atoms with E-state index in [1.54, 1.807) is 36.4 Å². The SMILES string of the molecule is Cc1ccc(NC(=O)COC(=O)c2ccccc2C(=O)O[C@@H]2C[C@H](C)CC[C@H]2C(C)C)cc1Cl. The number of halogens is 1. The maximum Gasteiger partial charge on any atom is 0.339 e. The van der Waals surface area contributed by atoms with E-state index in [9.17, 15) is 14.4 Å². The van der Waals surface area contributed by atoms with Gasteiger partial charge in [0, 0.05) is 10.7 Å². The van der Waals surface area contributed by atoms with Gasteiger partial charge in [0.15, 0.2) is 6.61 Å². The molecule has 34 heavy (non-hydrogen) atoms. The summed E-state index contributed by atoms with van der Waals surface area (Å²) in [6.45, 7) is 7.81. The van der Waals surface area contributed by atoms with Gasteiger partial charge in [-0.05, 0) is 67.3 Å². The van der Waals surface area contributed by atoms with E-state index in [0.29, 0.717) is 28.5 Å². The van der Waals surface area contributed by atoms with Crippen LogP contribution in [-0.4, -0.2) is 30.6 Å². The van der Waals surface area contributed by atoms with Crippen LogP contribution in [0.25, 0.3) is 0 Å². The van der Waals surface area contributed by atoms with Crippen molar-refractivity contribution in [1.82, 2.24) is 0 Å². The average molecular weight is 486 g/mol. The second kappa shape index (κ2) is 11.5. The molecule has 0 aromatic heterocycles. The van der Waals surface area contributed by atoms with Crippen molar-refractivity contribution in [3.05, 3.63) is 64.2 Å². The summed E-state index contributed by atoms with van der Waals surface area (Å²) in [5.74, 6) is -0.650. The Hall–Kier alpha value is -2.86. The molecule has 0 radical (unpaired) electrons. The van der Waals surface area contributed by atoms with Gasteiger partial charge >= 0.3 is 11.9 Å². The van der Waals surface area contributed by atoms with Crippen LogP contribution >= 0.6 is 11.6 Å². The molecule has 0 heterocycles. The first-order valence-corrected chi connectivity index (χ1v) is 12.1. The molecule has 0 bridgehead atoms. The van der Waals surface area contributed by atoms with Gasteiger partial charge in [0.05, 0.1) is 11.1 Å². The van der Waals surface area contributed by atoms with Crippen LogP contribution in [-0.2, 0) is 14.3 Å². The van der Waals surface area contributed by atoms with Gasteiger partial charge in [0.1, 0.15) is 6.10 Å². The molecule has 182 valence electrons. The van der Waals surface area contributed by atoms with Crippen molar-refractivity contribution < 1.29 is 23.9 Å². The van der Waals surface area contributed by atoms with E-state index in [4.69, 9.17) is 21.1 Å². The van der Waals surface area contributed by atoms with Gasteiger partial charge in [0.2, 0.25) is 0 Å². The molecule has 1 amide bonds. The molecule has 1 aliphatic carbocycles. The zero-order valence-corrected chi connectivity index (χ0v) is 20.9. The lowest BCUT2D eigenvalue weighted by Gasteiger charge is -2.36. The van der Waals surface area contributed by atoms with E-state index in [1.807, 2.05) is 6.92 Å². The monoisotopic (exact) mass is 485 g/mol. The largest absolute Gasteiger partial charge is 0.458 e. The molecule has 2 aromatic carbocycles. The van der Waals surface area contributed by atoms with Gasteiger partial charge in [-0.25, -0.2) is 9.59 Å². The number of aryl methyl sites for hydroxylation is 1. The Kier molecular flexibility index (Phi) is 8.72. The fourth-order valence-corrected chi connectivity index (χ4v) is 4.55. The second-order valence-corrected chi connectivity index (χ2v) is 9.81. The average Bonchev–Trinajstić information content (AvgIpc) is 2.79. The van der Waals surface area contributed by atoms with Gasteiger partial charge < -0.3 is 14.8 Å². The van der Waals surface area contributed by atoms with E-state index in [1.165, 1.54) is 6.07 Å². The highest BCUT2D eigenvalue weighted by molar-refractivity contribution is 6.31. The van der Waals surface area contributed by atoms with E-state index >= 15 is 0 Å². The topological polar surface area (TPSA) is 81.7 Å². The fourth-order valence-electron chi connectivity index (χ4n) is 4.37. The molecule has 0 saturated heterocycles. The molecule has 2 aromatic rings. The molecule has 1 fully saturated rings. The van der Waals surface area contributed by atoms with Crippen LogP contribution in [0.5, 0.6) is 0 Å². The lowest BCUT2D eigenvalue weighted by molar-refractivity contribution is -0.119. The molecule has 3 rings (SSSR count). The lowest BCUT2D eigenvalue weighted by Crippen LogP contribution is -2.36. The van der Waals surface area contributed by atoms with Gasteiger partial charge in [0.25, 0.3) is 5.91 Å². The molecule has 0 unspecified atom stereocenters. The smallest absolute Gasteiger partial charge is 0.339 e. The number of carbonyl (C=O) groups excluding carboxylic acids is 3. The molecule has 1 N–H and O–H groups in total. The molecule has 3 atom stereocenters. The van der Waals surface area contributed by atoms with Crippen LogP contribution in [0.4, 0.5) is 5.69 Å². The van der Waals surface area contributed by atoms with Crippen molar-refractivity contribution >= 4 is 35.1 Å². The number of amides is 1. The Morgan fingerprint density at radius 1 is 1.06 bits per heavy atom. The third kappa shape index (κ3) is 6.60. The highest BCUT2D eigenvalue weighted by atomic mass is 35.5. The minimum atomic E-state index is -0.762.